The summed E-state index contributed by atoms with van der Waals surface area (Å²) < 4.78 is 0. The monoisotopic (exact) mass is 208 g/mol. The average Bonchev–Trinajstić information content (AvgIpc) is 2.30. The molecule has 0 aliphatic heterocycles. The van der Waals surface area contributed by atoms with Crippen LogP contribution < -0.4 is 0 Å². The van der Waals surface area contributed by atoms with Crippen molar-refractivity contribution in [1.82, 2.24) is 0 Å². The molecule has 1 nitrogen and oxygen atoms in total. The minimum Gasteiger partial charge on any atom is -0.300 e. The lowest BCUT2D eigenvalue weighted by atomic mass is 9.70. The van der Waals surface area contributed by atoms with Gasteiger partial charge in [0.05, 0.1) is 0 Å². The predicted molar refractivity (Wildman–Crippen MR) is 62.7 cm³/mol. The average molecular weight is 208 g/mol. The van der Waals surface area contributed by atoms with Gasteiger partial charge in [0.2, 0.25) is 0 Å². The number of hydrogen-bond acceptors (Lipinski definition) is 1. The molecule has 2 aliphatic rings. The number of Topliss-reactive ketones (excluding diaryl/α,β-unsaturated/α-hetero) is 1. The SMILES string of the molecule is CC(C1CCCCC1)C1CCC(=O)CC1. The minimum absolute atomic E-state index is 0.502. The van der Waals surface area contributed by atoms with E-state index in [1.165, 1.54) is 44.9 Å². The molecule has 0 saturated heterocycles. The third-order valence-electron chi connectivity index (χ3n) is 4.72. The zero-order valence-electron chi connectivity index (χ0n) is 10.0. The Labute approximate surface area is 93.6 Å². The molecule has 0 spiro atoms. The summed E-state index contributed by atoms with van der Waals surface area (Å²) in [5.74, 6) is 3.20. The molecule has 15 heavy (non-hydrogen) atoms. The molecular formula is C14H24O. The van der Waals surface area contributed by atoms with Crippen molar-refractivity contribution in [2.45, 2.75) is 64.7 Å². The maximum Gasteiger partial charge on any atom is 0.132 e. The molecule has 0 aromatic rings. The van der Waals surface area contributed by atoms with Crippen LogP contribution in [0.2, 0.25) is 0 Å². The van der Waals surface area contributed by atoms with E-state index in [0.717, 1.165) is 30.6 Å². The van der Waals surface area contributed by atoms with E-state index in [4.69, 9.17) is 0 Å². The molecular weight excluding hydrogens is 184 g/mol. The first-order chi connectivity index (χ1) is 7.27. The fraction of sp³-hybridized carbons (Fsp3) is 0.929. The second-order valence-corrected chi connectivity index (χ2v) is 5.63. The number of ketones is 1. The lowest BCUT2D eigenvalue weighted by Crippen LogP contribution is -2.26. The van der Waals surface area contributed by atoms with E-state index in [1.807, 2.05) is 0 Å². The standard InChI is InChI=1S/C14H24O/c1-11(12-5-3-2-4-6-12)13-7-9-14(15)10-8-13/h11-13H,2-10H2,1H3. The molecule has 2 saturated carbocycles. The molecule has 0 radical (unpaired) electrons. The van der Waals surface area contributed by atoms with Crippen LogP contribution in [0.1, 0.15) is 64.7 Å². The first-order valence-electron chi connectivity index (χ1n) is 6.79. The Morgan fingerprint density at radius 1 is 0.933 bits per heavy atom. The van der Waals surface area contributed by atoms with Gasteiger partial charge in [-0.1, -0.05) is 39.0 Å². The van der Waals surface area contributed by atoms with Gasteiger partial charge in [0.25, 0.3) is 0 Å². The van der Waals surface area contributed by atoms with Crippen LogP contribution in [0.15, 0.2) is 0 Å². The van der Waals surface area contributed by atoms with Crippen LogP contribution in [0.4, 0.5) is 0 Å². The quantitative estimate of drug-likeness (QED) is 0.671. The zero-order valence-corrected chi connectivity index (χ0v) is 10.0. The van der Waals surface area contributed by atoms with Crippen molar-refractivity contribution in [3.8, 4) is 0 Å². The van der Waals surface area contributed by atoms with E-state index in [2.05, 4.69) is 6.92 Å². The summed E-state index contributed by atoms with van der Waals surface area (Å²) in [6.45, 7) is 2.44. The lowest BCUT2D eigenvalue weighted by Gasteiger charge is -2.35. The largest absolute Gasteiger partial charge is 0.300 e. The summed E-state index contributed by atoms with van der Waals surface area (Å²) in [5.41, 5.74) is 0. The smallest absolute Gasteiger partial charge is 0.132 e. The van der Waals surface area contributed by atoms with Crippen molar-refractivity contribution in [2.24, 2.45) is 17.8 Å². The van der Waals surface area contributed by atoms with Crippen LogP contribution in [0.3, 0.4) is 0 Å². The Bertz CT molecular complexity index is 205. The van der Waals surface area contributed by atoms with E-state index in [0.29, 0.717) is 5.78 Å². The second kappa shape index (κ2) is 5.14. The van der Waals surface area contributed by atoms with Gasteiger partial charge in [0.15, 0.2) is 0 Å². The van der Waals surface area contributed by atoms with E-state index in [-0.39, 0.29) is 0 Å². The van der Waals surface area contributed by atoms with E-state index >= 15 is 0 Å². The summed E-state index contributed by atoms with van der Waals surface area (Å²) in [6.07, 6.45) is 11.3. The van der Waals surface area contributed by atoms with Crippen LogP contribution in [0.5, 0.6) is 0 Å². The predicted octanol–water partition coefficient (Wildman–Crippen LogP) is 3.96. The number of rotatable bonds is 2. The highest BCUT2D eigenvalue weighted by Gasteiger charge is 2.29. The molecule has 0 amide bonds. The molecule has 2 rings (SSSR count). The van der Waals surface area contributed by atoms with Gasteiger partial charge in [-0.05, 0) is 30.6 Å². The Hall–Kier alpha value is -0.330. The van der Waals surface area contributed by atoms with E-state index in [9.17, 15) is 4.79 Å². The highest BCUT2D eigenvalue weighted by molar-refractivity contribution is 5.79. The Morgan fingerprint density at radius 3 is 2.07 bits per heavy atom. The van der Waals surface area contributed by atoms with Gasteiger partial charge in [0.1, 0.15) is 5.78 Å². The maximum absolute atomic E-state index is 11.2. The number of carbonyl (C=O) groups excluding carboxylic acids is 1. The number of hydrogen-bond donors (Lipinski definition) is 0. The third-order valence-corrected chi connectivity index (χ3v) is 4.72. The summed E-state index contributed by atoms with van der Waals surface area (Å²) in [7, 11) is 0. The highest BCUT2D eigenvalue weighted by Crippen LogP contribution is 2.38. The van der Waals surface area contributed by atoms with Crippen molar-refractivity contribution < 1.29 is 4.79 Å². The molecule has 1 unspecified atom stereocenters. The van der Waals surface area contributed by atoms with Gasteiger partial charge < -0.3 is 0 Å². The Balaban J connectivity index is 1.83. The molecule has 1 atom stereocenters. The van der Waals surface area contributed by atoms with Crippen molar-refractivity contribution in [3.63, 3.8) is 0 Å². The summed E-state index contributed by atoms with van der Waals surface area (Å²) in [5, 5.41) is 0. The van der Waals surface area contributed by atoms with Crippen molar-refractivity contribution in [2.75, 3.05) is 0 Å². The van der Waals surface area contributed by atoms with E-state index < -0.39 is 0 Å². The molecule has 0 bridgehead atoms. The fourth-order valence-electron chi connectivity index (χ4n) is 3.53. The van der Waals surface area contributed by atoms with Gasteiger partial charge in [-0.25, -0.2) is 0 Å². The molecule has 0 aromatic carbocycles. The Kier molecular flexibility index (Phi) is 3.82. The summed E-state index contributed by atoms with van der Waals surface area (Å²) in [4.78, 5) is 11.2. The van der Waals surface area contributed by atoms with Crippen molar-refractivity contribution in [1.29, 1.82) is 0 Å². The van der Waals surface area contributed by atoms with Gasteiger partial charge in [-0.2, -0.15) is 0 Å². The molecule has 2 fully saturated rings. The fourth-order valence-corrected chi connectivity index (χ4v) is 3.53. The molecule has 2 aliphatic carbocycles. The van der Waals surface area contributed by atoms with Gasteiger partial charge in [0, 0.05) is 12.8 Å². The van der Waals surface area contributed by atoms with Gasteiger partial charge in [-0.15, -0.1) is 0 Å². The van der Waals surface area contributed by atoms with Gasteiger partial charge >= 0.3 is 0 Å². The zero-order chi connectivity index (χ0) is 10.7. The van der Waals surface area contributed by atoms with E-state index in [1.54, 1.807) is 0 Å². The summed E-state index contributed by atoms with van der Waals surface area (Å²) >= 11 is 0. The normalized spacial score (nSPS) is 27.9. The minimum atomic E-state index is 0.502. The van der Waals surface area contributed by atoms with Crippen molar-refractivity contribution >= 4 is 5.78 Å². The molecule has 0 aromatic heterocycles. The van der Waals surface area contributed by atoms with Crippen LogP contribution in [0.25, 0.3) is 0 Å². The summed E-state index contributed by atoms with van der Waals surface area (Å²) in [6, 6.07) is 0. The van der Waals surface area contributed by atoms with Crippen LogP contribution in [0, 0.1) is 17.8 Å². The lowest BCUT2D eigenvalue weighted by molar-refractivity contribution is -0.121. The molecule has 86 valence electrons. The first kappa shape index (κ1) is 11.2. The molecule has 0 heterocycles. The molecule has 0 N–H and O–H groups in total. The highest BCUT2D eigenvalue weighted by atomic mass is 16.1. The molecule has 1 heteroatoms. The number of carbonyl (C=O) groups is 1. The van der Waals surface area contributed by atoms with Crippen LogP contribution in [-0.2, 0) is 4.79 Å². The topological polar surface area (TPSA) is 17.1 Å². The van der Waals surface area contributed by atoms with Crippen LogP contribution in [-0.4, -0.2) is 5.78 Å². The van der Waals surface area contributed by atoms with Gasteiger partial charge in [-0.3, -0.25) is 4.79 Å². The first-order valence-corrected chi connectivity index (χ1v) is 6.79. The Morgan fingerprint density at radius 2 is 1.47 bits per heavy atom. The third kappa shape index (κ3) is 2.83. The second-order valence-electron chi connectivity index (χ2n) is 5.63. The van der Waals surface area contributed by atoms with Crippen LogP contribution >= 0.6 is 0 Å². The van der Waals surface area contributed by atoms with Crippen molar-refractivity contribution in [3.05, 3.63) is 0 Å². The maximum atomic E-state index is 11.2.